The number of hydrogen-bond acceptors (Lipinski definition) is 4. The zero-order chi connectivity index (χ0) is 18.4. The van der Waals surface area contributed by atoms with Crippen molar-refractivity contribution in [3.8, 4) is 0 Å². The molecule has 134 valence electrons. The highest BCUT2D eigenvalue weighted by Crippen LogP contribution is 2.33. The second kappa shape index (κ2) is 8.15. The zero-order valence-corrected chi connectivity index (χ0v) is 15.3. The molecule has 1 aromatic heterocycles. The van der Waals surface area contributed by atoms with Gasteiger partial charge in [0.25, 0.3) is 0 Å². The average molecular weight is 370 g/mol. The number of nitrogens with zero attached hydrogens (tertiary/aromatic N) is 3. The second-order valence-electron chi connectivity index (χ2n) is 6.10. The SMILES string of the molecule is CCC(Cn1cncn1)(C(=O)OCc1ccccc1)c1ccc(Cl)cc1. The summed E-state index contributed by atoms with van der Waals surface area (Å²) in [5.74, 6) is -0.290. The van der Waals surface area contributed by atoms with Crippen LogP contribution in [0.4, 0.5) is 0 Å². The van der Waals surface area contributed by atoms with Crippen LogP contribution < -0.4 is 0 Å². The van der Waals surface area contributed by atoms with Crippen molar-refractivity contribution < 1.29 is 9.53 Å². The van der Waals surface area contributed by atoms with Crippen LogP contribution >= 0.6 is 11.6 Å². The van der Waals surface area contributed by atoms with Gasteiger partial charge in [0.1, 0.15) is 24.7 Å². The highest BCUT2D eigenvalue weighted by atomic mass is 35.5. The fourth-order valence-electron chi connectivity index (χ4n) is 2.96. The molecule has 5 nitrogen and oxygen atoms in total. The van der Waals surface area contributed by atoms with Gasteiger partial charge in [0.2, 0.25) is 0 Å². The molecule has 0 aliphatic carbocycles. The Bertz CT molecular complexity index is 835. The average Bonchev–Trinajstić information content (AvgIpc) is 3.19. The van der Waals surface area contributed by atoms with Gasteiger partial charge in [-0.25, -0.2) is 4.98 Å². The summed E-state index contributed by atoms with van der Waals surface area (Å²) in [6.07, 6.45) is 3.62. The molecule has 0 radical (unpaired) electrons. The molecular formula is C20H20ClN3O2. The molecular weight excluding hydrogens is 350 g/mol. The van der Waals surface area contributed by atoms with Crippen molar-refractivity contribution in [3.63, 3.8) is 0 Å². The van der Waals surface area contributed by atoms with Crippen LogP contribution in [0.5, 0.6) is 0 Å². The molecule has 3 rings (SSSR count). The number of rotatable bonds is 7. The van der Waals surface area contributed by atoms with E-state index in [-0.39, 0.29) is 12.6 Å². The Balaban J connectivity index is 1.90. The third-order valence-electron chi connectivity index (χ3n) is 4.50. The predicted molar refractivity (Wildman–Crippen MR) is 99.7 cm³/mol. The maximum Gasteiger partial charge on any atom is 0.318 e. The molecule has 1 atom stereocenters. The summed E-state index contributed by atoms with van der Waals surface area (Å²) in [4.78, 5) is 17.1. The van der Waals surface area contributed by atoms with Gasteiger partial charge < -0.3 is 4.74 Å². The lowest BCUT2D eigenvalue weighted by Crippen LogP contribution is -2.41. The van der Waals surface area contributed by atoms with Crippen molar-refractivity contribution in [2.45, 2.75) is 31.9 Å². The van der Waals surface area contributed by atoms with E-state index in [1.54, 1.807) is 23.1 Å². The first kappa shape index (κ1) is 18.1. The van der Waals surface area contributed by atoms with E-state index in [1.165, 1.54) is 6.33 Å². The van der Waals surface area contributed by atoms with Crippen LogP contribution in [-0.4, -0.2) is 20.7 Å². The van der Waals surface area contributed by atoms with Gasteiger partial charge >= 0.3 is 5.97 Å². The van der Waals surface area contributed by atoms with Crippen LogP contribution in [-0.2, 0) is 28.1 Å². The number of halogens is 1. The van der Waals surface area contributed by atoms with E-state index in [0.29, 0.717) is 18.0 Å². The lowest BCUT2D eigenvalue weighted by molar-refractivity contribution is -0.153. The third-order valence-corrected chi connectivity index (χ3v) is 4.75. The molecule has 1 unspecified atom stereocenters. The fraction of sp³-hybridized carbons (Fsp3) is 0.250. The van der Waals surface area contributed by atoms with Crippen molar-refractivity contribution in [3.05, 3.63) is 83.4 Å². The molecule has 0 spiro atoms. The summed E-state index contributed by atoms with van der Waals surface area (Å²) in [6.45, 7) is 2.54. The van der Waals surface area contributed by atoms with Crippen LogP contribution in [0.2, 0.25) is 5.02 Å². The minimum absolute atomic E-state index is 0.229. The van der Waals surface area contributed by atoms with Gasteiger partial charge in [-0.1, -0.05) is 61.0 Å². The van der Waals surface area contributed by atoms with E-state index >= 15 is 0 Å². The van der Waals surface area contributed by atoms with Crippen molar-refractivity contribution in [2.24, 2.45) is 0 Å². The van der Waals surface area contributed by atoms with Gasteiger partial charge in [0, 0.05) is 5.02 Å². The molecule has 0 bridgehead atoms. The van der Waals surface area contributed by atoms with Gasteiger partial charge in [0.05, 0.1) is 6.54 Å². The molecule has 0 N–H and O–H groups in total. The van der Waals surface area contributed by atoms with Gasteiger partial charge in [-0.05, 0) is 29.7 Å². The smallest absolute Gasteiger partial charge is 0.318 e. The maximum absolute atomic E-state index is 13.2. The first-order chi connectivity index (χ1) is 12.6. The highest BCUT2D eigenvalue weighted by Gasteiger charge is 2.41. The number of hydrogen-bond donors (Lipinski definition) is 0. The van der Waals surface area contributed by atoms with Crippen molar-refractivity contribution in [1.82, 2.24) is 14.8 Å². The standard InChI is InChI=1S/C20H20ClN3O2/c1-2-20(13-24-15-22-14-23-24,17-8-10-18(21)11-9-17)19(25)26-12-16-6-4-3-5-7-16/h3-11,14-15H,2,12-13H2,1H3. The Morgan fingerprint density at radius 2 is 1.88 bits per heavy atom. The predicted octanol–water partition coefficient (Wildman–Crippen LogP) is 4.02. The van der Waals surface area contributed by atoms with Crippen LogP contribution in [0.3, 0.4) is 0 Å². The van der Waals surface area contributed by atoms with Gasteiger partial charge in [-0.15, -0.1) is 0 Å². The molecule has 1 heterocycles. The van der Waals surface area contributed by atoms with Crippen molar-refractivity contribution in [1.29, 1.82) is 0 Å². The highest BCUT2D eigenvalue weighted by molar-refractivity contribution is 6.30. The lowest BCUT2D eigenvalue weighted by Gasteiger charge is -2.31. The number of aromatic nitrogens is 3. The Kier molecular flexibility index (Phi) is 5.68. The molecule has 0 aliphatic heterocycles. The van der Waals surface area contributed by atoms with Crippen molar-refractivity contribution in [2.75, 3.05) is 0 Å². The normalized spacial score (nSPS) is 13.2. The fourth-order valence-corrected chi connectivity index (χ4v) is 3.08. The third kappa shape index (κ3) is 3.94. The maximum atomic E-state index is 13.2. The van der Waals surface area contributed by atoms with Crippen LogP contribution in [0.25, 0.3) is 0 Å². The topological polar surface area (TPSA) is 57.0 Å². The van der Waals surface area contributed by atoms with Crippen LogP contribution in [0, 0.1) is 0 Å². The molecule has 0 fully saturated rings. The minimum Gasteiger partial charge on any atom is -0.460 e. The largest absolute Gasteiger partial charge is 0.460 e. The summed E-state index contributed by atoms with van der Waals surface area (Å²) in [5.41, 5.74) is 0.924. The summed E-state index contributed by atoms with van der Waals surface area (Å²) in [5, 5.41) is 4.79. The number of benzene rings is 2. The quantitative estimate of drug-likeness (QED) is 0.590. The van der Waals surface area contributed by atoms with Crippen LogP contribution in [0.15, 0.2) is 67.3 Å². The van der Waals surface area contributed by atoms with Crippen LogP contribution in [0.1, 0.15) is 24.5 Å². The van der Waals surface area contributed by atoms with Crippen molar-refractivity contribution >= 4 is 17.6 Å². The Labute approximate surface area is 157 Å². The van der Waals surface area contributed by atoms with E-state index in [1.807, 2.05) is 49.4 Å². The molecule has 3 aromatic rings. The number of esters is 1. The Morgan fingerprint density at radius 1 is 1.15 bits per heavy atom. The molecule has 0 saturated heterocycles. The summed E-state index contributed by atoms with van der Waals surface area (Å²) in [7, 11) is 0. The zero-order valence-electron chi connectivity index (χ0n) is 14.5. The Morgan fingerprint density at radius 3 is 2.50 bits per heavy atom. The molecule has 2 aromatic carbocycles. The second-order valence-corrected chi connectivity index (χ2v) is 6.53. The number of ether oxygens (including phenoxy) is 1. The summed E-state index contributed by atoms with van der Waals surface area (Å²) >= 11 is 6.02. The lowest BCUT2D eigenvalue weighted by atomic mass is 9.78. The molecule has 26 heavy (non-hydrogen) atoms. The molecule has 0 saturated carbocycles. The van der Waals surface area contributed by atoms with E-state index in [4.69, 9.17) is 16.3 Å². The summed E-state index contributed by atoms with van der Waals surface area (Å²) < 4.78 is 7.34. The molecule has 0 amide bonds. The minimum atomic E-state index is -0.868. The first-order valence-corrected chi connectivity index (χ1v) is 8.81. The monoisotopic (exact) mass is 369 g/mol. The van der Waals surface area contributed by atoms with E-state index in [9.17, 15) is 4.79 Å². The van der Waals surface area contributed by atoms with Gasteiger partial charge in [-0.3, -0.25) is 9.48 Å². The van der Waals surface area contributed by atoms with E-state index < -0.39 is 5.41 Å². The number of carbonyl (C=O) groups is 1. The van der Waals surface area contributed by atoms with Gasteiger partial charge in [-0.2, -0.15) is 5.10 Å². The summed E-state index contributed by atoms with van der Waals surface area (Å²) in [6, 6.07) is 16.9. The van der Waals surface area contributed by atoms with Gasteiger partial charge in [0.15, 0.2) is 0 Å². The molecule has 6 heteroatoms. The molecule has 0 aliphatic rings. The van der Waals surface area contributed by atoms with E-state index in [0.717, 1.165) is 11.1 Å². The van der Waals surface area contributed by atoms with E-state index in [2.05, 4.69) is 10.1 Å². The number of carbonyl (C=O) groups excluding carboxylic acids is 1. The Hall–Kier alpha value is -2.66. The first-order valence-electron chi connectivity index (χ1n) is 8.43.